The average Bonchev–Trinajstić information content (AvgIpc) is 3.29. The number of hydrogen-bond donors (Lipinski definition) is 0. The number of aromatic nitrogens is 2. The smallest absolute Gasteiger partial charge is 0.269 e. The number of benzene rings is 1. The Kier molecular flexibility index (Phi) is 4.84. The minimum absolute atomic E-state index is 0.124. The van der Waals surface area contributed by atoms with Crippen molar-refractivity contribution in [1.82, 2.24) is 20.1 Å². The Labute approximate surface area is 161 Å². The molecular formula is C19H22FN5O3. The van der Waals surface area contributed by atoms with Crippen molar-refractivity contribution in [2.24, 2.45) is 5.16 Å². The summed E-state index contributed by atoms with van der Waals surface area (Å²) in [6, 6.07) is 6.38. The van der Waals surface area contributed by atoms with Gasteiger partial charge in [0.1, 0.15) is 17.2 Å². The van der Waals surface area contributed by atoms with Gasteiger partial charge >= 0.3 is 0 Å². The number of amides is 1. The molecule has 0 spiro atoms. The number of piperazine rings is 1. The van der Waals surface area contributed by atoms with Crippen molar-refractivity contribution < 1.29 is 18.7 Å². The number of aryl methyl sites for hydroxylation is 1. The summed E-state index contributed by atoms with van der Waals surface area (Å²) in [5.41, 5.74) is 1.32. The SMILES string of the molecule is Cc1nonc1CN1CCN(C(=O)C2(C)CC(c3ccccc3F)=NO2)CC1. The highest BCUT2D eigenvalue weighted by Crippen LogP contribution is 2.30. The molecule has 4 rings (SSSR count). The van der Waals surface area contributed by atoms with Crippen LogP contribution in [0, 0.1) is 12.7 Å². The van der Waals surface area contributed by atoms with E-state index in [2.05, 4.69) is 20.4 Å². The maximum absolute atomic E-state index is 14.0. The average molecular weight is 387 g/mol. The summed E-state index contributed by atoms with van der Waals surface area (Å²) in [5, 5.41) is 11.7. The van der Waals surface area contributed by atoms with Crippen LogP contribution in [0.5, 0.6) is 0 Å². The van der Waals surface area contributed by atoms with E-state index in [-0.39, 0.29) is 18.1 Å². The maximum atomic E-state index is 14.0. The molecule has 1 aromatic carbocycles. The lowest BCUT2D eigenvalue weighted by Gasteiger charge is -2.37. The van der Waals surface area contributed by atoms with Crippen LogP contribution in [-0.4, -0.2) is 63.5 Å². The minimum Gasteiger partial charge on any atom is -0.379 e. The Morgan fingerprint density at radius 2 is 1.96 bits per heavy atom. The molecule has 148 valence electrons. The van der Waals surface area contributed by atoms with Crippen LogP contribution in [0.2, 0.25) is 0 Å². The first-order valence-electron chi connectivity index (χ1n) is 9.26. The lowest BCUT2D eigenvalue weighted by atomic mass is 9.94. The van der Waals surface area contributed by atoms with Crippen LogP contribution >= 0.6 is 0 Å². The molecule has 0 bridgehead atoms. The molecule has 0 aliphatic carbocycles. The van der Waals surface area contributed by atoms with Gasteiger partial charge in [-0.15, -0.1) is 0 Å². The fourth-order valence-corrected chi connectivity index (χ4v) is 3.54. The first-order chi connectivity index (χ1) is 13.5. The van der Waals surface area contributed by atoms with Crippen LogP contribution in [0.1, 0.15) is 30.3 Å². The van der Waals surface area contributed by atoms with E-state index in [9.17, 15) is 9.18 Å². The van der Waals surface area contributed by atoms with Crippen molar-refractivity contribution in [2.45, 2.75) is 32.4 Å². The molecule has 28 heavy (non-hydrogen) atoms. The molecule has 9 heteroatoms. The Balaban J connectivity index is 1.35. The summed E-state index contributed by atoms with van der Waals surface area (Å²) in [5.74, 6) is -0.491. The topological polar surface area (TPSA) is 84.1 Å². The van der Waals surface area contributed by atoms with E-state index >= 15 is 0 Å². The third-order valence-electron chi connectivity index (χ3n) is 5.28. The third kappa shape index (κ3) is 3.49. The molecule has 2 aliphatic heterocycles. The van der Waals surface area contributed by atoms with Crippen LogP contribution < -0.4 is 0 Å². The van der Waals surface area contributed by atoms with Gasteiger partial charge in [0, 0.05) is 44.7 Å². The molecule has 2 aromatic rings. The fourth-order valence-electron chi connectivity index (χ4n) is 3.54. The molecule has 1 atom stereocenters. The molecule has 1 unspecified atom stereocenters. The van der Waals surface area contributed by atoms with Gasteiger partial charge in [0.2, 0.25) is 5.60 Å². The molecule has 0 N–H and O–H groups in total. The highest BCUT2D eigenvalue weighted by Gasteiger charge is 2.45. The van der Waals surface area contributed by atoms with Crippen LogP contribution in [0.4, 0.5) is 4.39 Å². The van der Waals surface area contributed by atoms with Gasteiger partial charge in [-0.3, -0.25) is 9.69 Å². The standard InChI is InChI=1S/C19H22FN5O3/c1-13-17(23-28-21-13)12-24-7-9-25(10-8-24)18(26)19(2)11-16(22-27-19)14-5-3-4-6-15(14)20/h3-6H,7-12H2,1-2H3. The van der Waals surface area contributed by atoms with Gasteiger partial charge in [-0.05, 0) is 19.9 Å². The Hall–Kier alpha value is -2.81. The van der Waals surface area contributed by atoms with E-state index in [0.717, 1.165) is 24.5 Å². The Morgan fingerprint density at radius 1 is 1.21 bits per heavy atom. The monoisotopic (exact) mass is 387 g/mol. The van der Waals surface area contributed by atoms with Crippen LogP contribution in [0.3, 0.4) is 0 Å². The number of halogens is 1. The van der Waals surface area contributed by atoms with Gasteiger partial charge in [-0.1, -0.05) is 33.7 Å². The van der Waals surface area contributed by atoms with Crippen molar-refractivity contribution in [3.05, 3.63) is 47.0 Å². The van der Waals surface area contributed by atoms with Crippen molar-refractivity contribution in [1.29, 1.82) is 0 Å². The second-order valence-electron chi connectivity index (χ2n) is 7.38. The summed E-state index contributed by atoms with van der Waals surface area (Å²) >= 11 is 0. The molecular weight excluding hydrogens is 365 g/mol. The quantitative estimate of drug-likeness (QED) is 0.795. The first kappa shape index (κ1) is 18.5. The van der Waals surface area contributed by atoms with Crippen molar-refractivity contribution in [3.63, 3.8) is 0 Å². The summed E-state index contributed by atoms with van der Waals surface area (Å²) in [7, 11) is 0. The minimum atomic E-state index is -1.10. The summed E-state index contributed by atoms with van der Waals surface area (Å²) in [6.07, 6.45) is 0.247. The Morgan fingerprint density at radius 3 is 2.64 bits per heavy atom. The van der Waals surface area contributed by atoms with Gasteiger partial charge in [0.25, 0.3) is 5.91 Å². The van der Waals surface area contributed by atoms with Gasteiger partial charge in [0.05, 0.1) is 5.71 Å². The lowest BCUT2D eigenvalue weighted by molar-refractivity contribution is -0.155. The van der Waals surface area contributed by atoms with Crippen LogP contribution in [-0.2, 0) is 16.2 Å². The number of oxime groups is 1. The number of carbonyl (C=O) groups excluding carboxylic acids is 1. The van der Waals surface area contributed by atoms with Crippen LogP contribution in [0.15, 0.2) is 34.1 Å². The molecule has 1 aromatic heterocycles. The maximum Gasteiger partial charge on any atom is 0.269 e. The predicted molar refractivity (Wildman–Crippen MR) is 97.9 cm³/mol. The molecule has 3 heterocycles. The van der Waals surface area contributed by atoms with Crippen LogP contribution in [0.25, 0.3) is 0 Å². The predicted octanol–water partition coefficient (Wildman–Crippen LogP) is 1.74. The lowest BCUT2D eigenvalue weighted by Crippen LogP contribution is -2.54. The zero-order valence-electron chi connectivity index (χ0n) is 15.9. The van der Waals surface area contributed by atoms with E-state index in [1.807, 2.05) is 6.92 Å². The largest absolute Gasteiger partial charge is 0.379 e. The summed E-state index contributed by atoms with van der Waals surface area (Å²) in [4.78, 5) is 22.5. The van der Waals surface area contributed by atoms with E-state index in [1.54, 1.807) is 30.0 Å². The zero-order chi connectivity index (χ0) is 19.7. The number of nitrogens with zero attached hydrogens (tertiary/aromatic N) is 5. The molecule has 0 radical (unpaired) electrons. The van der Waals surface area contributed by atoms with Crippen molar-refractivity contribution >= 4 is 11.6 Å². The number of hydrogen-bond acceptors (Lipinski definition) is 7. The van der Waals surface area contributed by atoms with Crippen molar-refractivity contribution in [3.8, 4) is 0 Å². The number of rotatable bonds is 4. The molecule has 1 fully saturated rings. The molecule has 2 aliphatic rings. The van der Waals surface area contributed by atoms with Gasteiger partial charge in [-0.2, -0.15) is 0 Å². The fraction of sp³-hybridized carbons (Fsp3) is 0.474. The zero-order valence-corrected chi connectivity index (χ0v) is 15.9. The van der Waals surface area contributed by atoms with Gasteiger partial charge in [-0.25, -0.2) is 9.02 Å². The molecule has 0 saturated carbocycles. The molecule has 1 amide bonds. The Bertz CT molecular complexity index is 906. The summed E-state index contributed by atoms with van der Waals surface area (Å²) in [6.45, 7) is 6.81. The highest BCUT2D eigenvalue weighted by molar-refractivity contribution is 6.05. The third-order valence-corrected chi connectivity index (χ3v) is 5.28. The van der Waals surface area contributed by atoms with E-state index < -0.39 is 5.60 Å². The van der Waals surface area contributed by atoms with Gasteiger partial charge < -0.3 is 9.74 Å². The molecule has 1 saturated heterocycles. The van der Waals surface area contributed by atoms with E-state index in [0.29, 0.717) is 30.9 Å². The van der Waals surface area contributed by atoms with Gasteiger partial charge in [0.15, 0.2) is 0 Å². The second kappa shape index (κ2) is 7.31. The van der Waals surface area contributed by atoms with E-state index in [1.165, 1.54) is 6.07 Å². The first-order valence-corrected chi connectivity index (χ1v) is 9.26. The number of carbonyl (C=O) groups is 1. The molecule has 8 nitrogen and oxygen atoms in total. The highest BCUT2D eigenvalue weighted by atomic mass is 19.1. The summed E-state index contributed by atoms with van der Waals surface area (Å²) < 4.78 is 18.8. The van der Waals surface area contributed by atoms with E-state index in [4.69, 9.17) is 9.47 Å². The normalized spacial score (nSPS) is 22.8. The second-order valence-corrected chi connectivity index (χ2v) is 7.38. The van der Waals surface area contributed by atoms with Crippen molar-refractivity contribution in [2.75, 3.05) is 26.2 Å².